The fraction of sp³-hybridized carbons (Fsp3) is 0.280. The molecule has 0 bridgehead atoms. The van der Waals surface area contributed by atoms with Gasteiger partial charge in [0.05, 0.1) is 10.6 Å². The summed E-state index contributed by atoms with van der Waals surface area (Å²) in [6, 6.07) is 20.1. The maximum atomic E-state index is 13.1. The Bertz CT molecular complexity index is 1410. The van der Waals surface area contributed by atoms with Gasteiger partial charge in [0.25, 0.3) is 10.0 Å². The van der Waals surface area contributed by atoms with E-state index in [1.807, 2.05) is 36.5 Å². The van der Waals surface area contributed by atoms with Crippen LogP contribution in [0.1, 0.15) is 6.42 Å². The van der Waals surface area contributed by atoms with E-state index in [1.54, 1.807) is 10.4 Å². The van der Waals surface area contributed by atoms with Gasteiger partial charge in [-0.3, -0.25) is 9.21 Å². The van der Waals surface area contributed by atoms with Gasteiger partial charge < -0.3 is 9.88 Å². The number of sulfonamides is 1. The molecule has 6 rings (SSSR count). The lowest BCUT2D eigenvalue weighted by Gasteiger charge is -2.36. The Labute approximate surface area is 200 Å². The molecule has 3 heterocycles. The molecule has 0 atom stereocenters. The second kappa shape index (κ2) is 8.56. The lowest BCUT2D eigenvalue weighted by Crippen LogP contribution is -2.47. The Kier molecular flexibility index (Phi) is 5.72. The zero-order valence-corrected chi connectivity index (χ0v) is 19.9. The Balaban J connectivity index is 0.00000228. The van der Waals surface area contributed by atoms with E-state index in [-0.39, 0.29) is 12.4 Å². The fourth-order valence-electron chi connectivity index (χ4n) is 5.10. The van der Waals surface area contributed by atoms with Crippen molar-refractivity contribution in [2.24, 2.45) is 0 Å². The van der Waals surface area contributed by atoms with E-state index in [0.29, 0.717) is 11.4 Å². The summed E-state index contributed by atoms with van der Waals surface area (Å²) in [4.78, 5) is 8.61. The van der Waals surface area contributed by atoms with Gasteiger partial charge in [0.1, 0.15) is 0 Å². The predicted octanol–water partition coefficient (Wildman–Crippen LogP) is 4.46. The molecule has 172 valence electrons. The minimum Gasteiger partial charge on any atom is -0.369 e. The average Bonchev–Trinajstić information content (AvgIpc) is 3.37. The molecule has 0 radical (unpaired) electrons. The number of hydrogen-bond acceptors (Lipinski definition) is 4. The summed E-state index contributed by atoms with van der Waals surface area (Å²) in [5.74, 6) is 0. The molecule has 8 heteroatoms. The molecule has 2 aliphatic rings. The highest BCUT2D eigenvalue weighted by Gasteiger charge is 2.35. The molecule has 1 N–H and O–H groups in total. The van der Waals surface area contributed by atoms with E-state index >= 15 is 0 Å². The standard InChI is InChI=1S/C25H26N4O2S.ClH/c30-32(31)24-7-2-5-20-4-1-6-23(25(20)24)29(32)13-3-12-27-14-16-28(17-15-27)21-9-8-19-10-11-26-22(19)18-21;/h1-2,4-11,18,26H,3,12-17H2;1H. The number of aromatic amines is 1. The van der Waals surface area contributed by atoms with E-state index in [4.69, 9.17) is 0 Å². The summed E-state index contributed by atoms with van der Waals surface area (Å²) in [6.07, 6.45) is 2.80. The Morgan fingerprint density at radius 3 is 2.45 bits per heavy atom. The number of fused-ring (bicyclic) bond motifs is 1. The third-order valence-electron chi connectivity index (χ3n) is 6.79. The van der Waals surface area contributed by atoms with Gasteiger partial charge in [-0.25, -0.2) is 8.42 Å². The molecular weight excluding hydrogens is 456 g/mol. The van der Waals surface area contributed by atoms with Crippen LogP contribution in [-0.4, -0.2) is 57.6 Å². The van der Waals surface area contributed by atoms with Gasteiger partial charge in [-0.05, 0) is 47.5 Å². The predicted molar refractivity (Wildman–Crippen MR) is 137 cm³/mol. The SMILES string of the molecule is Cl.O=S1(=O)c2cccc3cccc(c23)N1CCCN1CCN(c2ccc3cc[nH]c3c2)CC1. The van der Waals surface area contributed by atoms with Crippen LogP contribution in [0.4, 0.5) is 11.4 Å². The first kappa shape index (κ1) is 22.1. The molecule has 6 nitrogen and oxygen atoms in total. The second-order valence-electron chi connectivity index (χ2n) is 8.64. The van der Waals surface area contributed by atoms with Crippen molar-refractivity contribution >= 4 is 55.5 Å². The molecule has 0 saturated carbocycles. The van der Waals surface area contributed by atoms with Crippen molar-refractivity contribution in [1.82, 2.24) is 9.88 Å². The molecule has 3 aromatic carbocycles. The molecule has 0 unspecified atom stereocenters. The zero-order valence-electron chi connectivity index (χ0n) is 18.3. The first-order chi connectivity index (χ1) is 15.6. The summed E-state index contributed by atoms with van der Waals surface area (Å²) < 4.78 is 27.9. The van der Waals surface area contributed by atoms with Gasteiger partial charge in [-0.15, -0.1) is 12.4 Å². The molecule has 0 aliphatic carbocycles. The van der Waals surface area contributed by atoms with Crippen LogP contribution in [0.25, 0.3) is 21.7 Å². The van der Waals surface area contributed by atoms with Crippen molar-refractivity contribution in [3.05, 3.63) is 66.9 Å². The third-order valence-corrected chi connectivity index (χ3v) is 8.65. The number of nitrogens with zero attached hydrogens (tertiary/aromatic N) is 3. The molecule has 33 heavy (non-hydrogen) atoms. The number of anilines is 2. The van der Waals surface area contributed by atoms with Crippen LogP contribution in [0.5, 0.6) is 0 Å². The fourth-order valence-corrected chi connectivity index (χ4v) is 6.85. The summed E-state index contributed by atoms with van der Waals surface area (Å²) in [5, 5.41) is 3.09. The number of hydrogen-bond donors (Lipinski definition) is 1. The largest absolute Gasteiger partial charge is 0.369 e. The quantitative estimate of drug-likeness (QED) is 0.456. The van der Waals surface area contributed by atoms with Gasteiger partial charge in [0, 0.05) is 62.1 Å². The van der Waals surface area contributed by atoms with Crippen molar-refractivity contribution in [3.63, 3.8) is 0 Å². The number of halogens is 1. The van der Waals surface area contributed by atoms with Crippen molar-refractivity contribution in [2.75, 3.05) is 48.5 Å². The second-order valence-corrected chi connectivity index (χ2v) is 10.5. The van der Waals surface area contributed by atoms with Crippen LogP contribution in [0, 0.1) is 0 Å². The highest BCUT2D eigenvalue weighted by Crippen LogP contribution is 2.41. The minimum atomic E-state index is -3.46. The topological polar surface area (TPSA) is 59.7 Å². The first-order valence-corrected chi connectivity index (χ1v) is 12.6. The lowest BCUT2D eigenvalue weighted by atomic mass is 10.1. The number of piperazine rings is 1. The van der Waals surface area contributed by atoms with E-state index in [9.17, 15) is 8.42 Å². The summed E-state index contributed by atoms with van der Waals surface area (Å²) in [7, 11) is -3.46. The van der Waals surface area contributed by atoms with Gasteiger partial charge >= 0.3 is 0 Å². The molecule has 1 saturated heterocycles. The van der Waals surface area contributed by atoms with Gasteiger partial charge in [-0.1, -0.05) is 30.3 Å². The zero-order chi connectivity index (χ0) is 21.7. The minimum absolute atomic E-state index is 0. The van der Waals surface area contributed by atoms with E-state index in [2.05, 4.69) is 39.0 Å². The maximum absolute atomic E-state index is 13.1. The first-order valence-electron chi connectivity index (χ1n) is 11.2. The summed E-state index contributed by atoms with van der Waals surface area (Å²) in [5.41, 5.74) is 3.25. The number of benzene rings is 3. The van der Waals surface area contributed by atoms with Crippen LogP contribution in [-0.2, 0) is 10.0 Å². The monoisotopic (exact) mass is 482 g/mol. The molecule has 2 aliphatic heterocycles. The Morgan fingerprint density at radius 1 is 0.848 bits per heavy atom. The summed E-state index contributed by atoms with van der Waals surface area (Å²) in [6.45, 7) is 5.37. The number of rotatable bonds is 5. The van der Waals surface area contributed by atoms with Crippen LogP contribution in [0.3, 0.4) is 0 Å². The smallest absolute Gasteiger partial charge is 0.265 e. The summed E-state index contributed by atoms with van der Waals surface area (Å²) >= 11 is 0. The van der Waals surface area contributed by atoms with E-state index in [1.165, 1.54) is 16.6 Å². The van der Waals surface area contributed by atoms with Gasteiger partial charge in [0.2, 0.25) is 0 Å². The molecule has 0 amide bonds. The van der Waals surface area contributed by atoms with E-state index in [0.717, 1.165) is 55.6 Å². The highest BCUT2D eigenvalue weighted by molar-refractivity contribution is 7.93. The molecular formula is C25H27ClN4O2S. The van der Waals surface area contributed by atoms with Crippen LogP contribution in [0.15, 0.2) is 71.8 Å². The molecule has 0 spiro atoms. The molecule has 4 aromatic rings. The average molecular weight is 483 g/mol. The molecule has 1 aromatic heterocycles. The van der Waals surface area contributed by atoms with Crippen LogP contribution < -0.4 is 9.21 Å². The number of H-pyrrole nitrogens is 1. The molecule has 1 fully saturated rings. The van der Waals surface area contributed by atoms with Crippen molar-refractivity contribution < 1.29 is 8.42 Å². The lowest BCUT2D eigenvalue weighted by molar-refractivity contribution is 0.256. The van der Waals surface area contributed by atoms with Crippen molar-refractivity contribution in [1.29, 1.82) is 0 Å². The van der Waals surface area contributed by atoms with Crippen LogP contribution in [0.2, 0.25) is 0 Å². The van der Waals surface area contributed by atoms with Crippen molar-refractivity contribution in [3.8, 4) is 0 Å². The highest BCUT2D eigenvalue weighted by atomic mass is 35.5. The normalized spacial score (nSPS) is 17.6. The number of aromatic nitrogens is 1. The Hall–Kier alpha value is -2.74. The van der Waals surface area contributed by atoms with Gasteiger partial charge in [0.15, 0.2) is 0 Å². The van der Waals surface area contributed by atoms with Gasteiger partial charge in [-0.2, -0.15) is 0 Å². The number of nitrogens with one attached hydrogen (secondary N) is 1. The van der Waals surface area contributed by atoms with Crippen molar-refractivity contribution in [2.45, 2.75) is 11.3 Å². The van der Waals surface area contributed by atoms with E-state index < -0.39 is 10.0 Å². The Morgan fingerprint density at radius 2 is 1.64 bits per heavy atom. The van der Waals surface area contributed by atoms with Crippen LogP contribution >= 0.6 is 12.4 Å². The third kappa shape index (κ3) is 3.74. The maximum Gasteiger partial charge on any atom is 0.265 e.